The minimum atomic E-state index is -0.0611. The van der Waals surface area contributed by atoms with E-state index in [2.05, 4.69) is 79.2 Å². The molecule has 1 unspecified atom stereocenters. The van der Waals surface area contributed by atoms with E-state index in [0.717, 1.165) is 6.42 Å². The summed E-state index contributed by atoms with van der Waals surface area (Å²) in [4.78, 5) is 1.44. The standard InChI is InChI=1S/C21H18NS/c1-14-11-15(2)13-21(12-14)19-16-7-3-4-9-18(16)23-20(19)17-8-5-6-10-22(17)21/h3-12H,13H2,1-2H3/q+1. The van der Waals surface area contributed by atoms with E-state index in [1.165, 1.54) is 37.4 Å². The molecule has 3 aromatic rings. The summed E-state index contributed by atoms with van der Waals surface area (Å²) in [6.45, 7) is 4.48. The lowest BCUT2D eigenvalue weighted by atomic mass is 9.79. The van der Waals surface area contributed by atoms with E-state index in [1.54, 1.807) is 0 Å². The molecule has 0 fully saturated rings. The molecule has 2 heteroatoms. The van der Waals surface area contributed by atoms with Crippen molar-refractivity contribution in [3.8, 4) is 10.6 Å². The van der Waals surface area contributed by atoms with Crippen molar-refractivity contribution in [3.05, 3.63) is 77.5 Å². The van der Waals surface area contributed by atoms with Crippen molar-refractivity contribution in [2.45, 2.75) is 25.8 Å². The Morgan fingerprint density at radius 2 is 1.87 bits per heavy atom. The van der Waals surface area contributed by atoms with E-state index in [-0.39, 0.29) is 5.54 Å². The molecule has 112 valence electrons. The fraction of sp³-hybridized carbons (Fsp3) is 0.190. The maximum absolute atomic E-state index is 2.49. The van der Waals surface area contributed by atoms with Gasteiger partial charge < -0.3 is 0 Å². The summed E-state index contributed by atoms with van der Waals surface area (Å²) in [6.07, 6.45) is 8.09. The van der Waals surface area contributed by atoms with Crippen molar-refractivity contribution in [1.82, 2.24) is 0 Å². The molecule has 5 rings (SSSR count). The SMILES string of the molecule is CC1=CC2(CC(C)=C1)c1c(sc3ccccc13)-c1cccc[n+]12. The van der Waals surface area contributed by atoms with Crippen LogP contribution >= 0.6 is 11.3 Å². The molecule has 1 spiro atoms. The zero-order chi connectivity index (χ0) is 15.6. The van der Waals surface area contributed by atoms with Crippen LogP contribution in [0.5, 0.6) is 0 Å². The molecule has 2 aromatic heterocycles. The van der Waals surface area contributed by atoms with E-state index in [0.29, 0.717) is 0 Å². The van der Waals surface area contributed by atoms with Crippen molar-refractivity contribution in [1.29, 1.82) is 0 Å². The largest absolute Gasteiger partial charge is 0.224 e. The van der Waals surface area contributed by atoms with E-state index < -0.39 is 0 Å². The highest BCUT2D eigenvalue weighted by atomic mass is 32.1. The monoisotopic (exact) mass is 316 g/mol. The molecule has 0 saturated heterocycles. The molecule has 1 aromatic carbocycles. The Labute approximate surface area is 140 Å². The number of aromatic nitrogens is 1. The fourth-order valence-electron chi connectivity index (χ4n) is 4.40. The summed E-state index contributed by atoms with van der Waals surface area (Å²) in [6, 6.07) is 15.4. The maximum Gasteiger partial charge on any atom is 0.224 e. The first-order chi connectivity index (χ1) is 11.2. The second-order valence-electron chi connectivity index (χ2n) is 6.74. The summed E-state index contributed by atoms with van der Waals surface area (Å²) < 4.78 is 3.88. The Morgan fingerprint density at radius 1 is 1.04 bits per heavy atom. The molecule has 0 radical (unpaired) electrons. The lowest BCUT2D eigenvalue weighted by Gasteiger charge is -2.26. The van der Waals surface area contributed by atoms with Crippen molar-refractivity contribution >= 4 is 21.4 Å². The lowest BCUT2D eigenvalue weighted by Crippen LogP contribution is -2.54. The Hall–Kier alpha value is -2.19. The zero-order valence-corrected chi connectivity index (χ0v) is 14.2. The number of hydrogen-bond donors (Lipinski definition) is 0. The normalized spacial score (nSPS) is 22.0. The number of nitrogens with zero attached hydrogens (tertiary/aromatic N) is 1. The summed E-state index contributed by atoms with van der Waals surface area (Å²) in [5.74, 6) is 0. The van der Waals surface area contributed by atoms with Crippen molar-refractivity contribution < 1.29 is 4.57 Å². The zero-order valence-electron chi connectivity index (χ0n) is 13.3. The lowest BCUT2D eigenvalue weighted by molar-refractivity contribution is -0.726. The van der Waals surface area contributed by atoms with Gasteiger partial charge in [-0.1, -0.05) is 29.8 Å². The van der Waals surface area contributed by atoms with E-state index in [1.807, 2.05) is 11.3 Å². The van der Waals surface area contributed by atoms with Gasteiger partial charge in [0.25, 0.3) is 0 Å². The third-order valence-corrected chi connectivity index (χ3v) is 6.23. The van der Waals surface area contributed by atoms with Crippen LogP contribution in [0, 0.1) is 0 Å². The Balaban J connectivity index is 1.95. The Kier molecular flexibility index (Phi) is 2.55. The van der Waals surface area contributed by atoms with Gasteiger partial charge in [0, 0.05) is 28.6 Å². The van der Waals surface area contributed by atoms with Gasteiger partial charge in [-0.15, -0.1) is 11.3 Å². The third-order valence-electron chi connectivity index (χ3n) is 5.04. The molecule has 1 atom stereocenters. The van der Waals surface area contributed by atoms with Gasteiger partial charge in [-0.05, 0) is 37.6 Å². The van der Waals surface area contributed by atoms with Crippen LogP contribution in [0.25, 0.3) is 20.7 Å². The second kappa shape index (κ2) is 4.42. The maximum atomic E-state index is 2.49. The highest BCUT2D eigenvalue weighted by molar-refractivity contribution is 7.22. The molecule has 0 amide bonds. The molecule has 2 aliphatic rings. The molecule has 1 nitrogen and oxygen atoms in total. The molecule has 23 heavy (non-hydrogen) atoms. The summed E-state index contributed by atoms with van der Waals surface area (Å²) in [7, 11) is 0. The number of rotatable bonds is 0. The van der Waals surface area contributed by atoms with Crippen LogP contribution in [0.3, 0.4) is 0 Å². The number of hydrogen-bond acceptors (Lipinski definition) is 1. The van der Waals surface area contributed by atoms with Crippen LogP contribution in [0.2, 0.25) is 0 Å². The van der Waals surface area contributed by atoms with Gasteiger partial charge in [-0.3, -0.25) is 0 Å². The molecular weight excluding hydrogens is 298 g/mol. The number of fused-ring (bicyclic) bond motifs is 7. The van der Waals surface area contributed by atoms with Crippen LogP contribution in [0.15, 0.2) is 72.0 Å². The summed E-state index contributed by atoms with van der Waals surface area (Å²) >= 11 is 1.93. The fourth-order valence-corrected chi connectivity index (χ4v) is 5.71. The molecule has 3 heterocycles. The van der Waals surface area contributed by atoms with Gasteiger partial charge in [0.1, 0.15) is 4.88 Å². The topological polar surface area (TPSA) is 3.88 Å². The van der Waals surface area contributed by atoms with E-state index >= 15 is 0 Å². The van der Waals surface area contributed by atoms with Gasteiger partial charge in [0.2, 0.25) is 11.2 Å². The van der Waals surface area contributed by atoms with E-state index in [9.17, 15) is 0 Å². The van der Waals surface area contributed by atoms with Gasteiger partial charge >= 0.3 is 0 Å². The predicted octanol–water partition coefficient (Wildman–Crippen LogP) is 5.21. The number of allylic oxidation sites excluding steroid dienone is 4. The smallest absolute Gasteiger partial charge is 0.184 e. The van der Waals surface area contributed by atoms with E-state index in [4.69, 9.17) is 0 Å². The first kappa shape index (κ1) is 13.3. The van der Waals surface area contributed by atoms with Crippen molar-refractivity contribution in [3.63, 3.8) is 0 Å². The number of thiophene rings is 1. The van der Waals surface area contributed by atoms with Gasteiger partial charge in [0.05, 0.1) is 5.56 Å². The molecule has 0 bridgehead atoms. The molecular formula is C21H18NS+. The average molecular weight is 316 g/mol. The molecule has 0 N–H and O–H groups in total. The van der Waals surface area contributed by atoms with Gasteiger partial charge in [0.15, 0.2) is 6.20 Å². The highest BCUT2D eigenvalue weighted by Crippen LogP contribution is 2.51. The minimum Gasteiger partial charge on any atom is -0.184 e. The second-order valence-corrected chi connectivity index (χ2v) is 7.79. The molecule has 1 aliphatic carbocycles. The third kappa shape index (κ3) is 1.64. The van der Waals surface area contributed by atoms with Crippen LogP contribution in [0.1, 0.15) is 25.8 Å². The Bertz CT molecular complexity index is 1020. The van der Waals surface area contributed by atoms with Gasteiger partial charge in [-0.2, -0.15) is 4.57 Å². The number of benzene rings is 1. The Morgan fingerprint density at radius 3 is 2.74 bits per heavy atom. The average Bonchev–Trinajstić information content (AvgIpc) is 3.03. The van der Waals surface area contributed by atoms with Crippen molar-refractivity contribution in [2.75, 3.05) is 0 Å². The van der Waals surface area contributed by atoms with Crippen molar-refractivity contribution in [2.24, 2.45) is 0 Å². The first-order valence-electron chi connectivity index (χ1n) is 8.09. The predicted molar refractivity (Wildman–Crippen MR) is 96.7 cm³/mol. The summed E-state index contributed by atoms with van der Waals surface area (Å²) in [5.41, 5.74) is 5.60. The minimum absolute atomic E-state index is 0.0611. The number of pyridine rings is 1. The molecule has 1 aliphatic heterocycles. The van der Waals surface area contributed by atoms with Crippen LogP contribution < -0.4 is 4.57 Å². The quantitative estimate of drug-likeness (QED) is 0.501. The van der Waals surface area contributed by atoms with Gasteiger partial charge in [-0.25, -0.2) is 0 Å². The summed E-state index contributed by atoms with van der Waals surface area (Å²) in [5, 5.41) is 1.41. The van der Waals surface area contributed by atoms with Crippen LogP contribution in [0.4, 0.5) is 0 Å². The molecule has 0 saturated carbocycles. The highest BCUT2D eigenvalue weighted by Gasteiger charge is 2.52. The van der Waals surface area contributed by atoms with Crippen LogP contribution in [-0.4, -0.2) is 0 Å². The first-order valence-corrected chi connectivity index (χ1v) is 8.91. The van der Waals surface area contributed by atoms with Crippen LogP contribution in [-0.2, 0) is 5.54 Å².